The van der Waals surface area contributed by atoms with E-state index < -0.39 is 0 Å². The Kier molecular flexibility index (Phi) is 2.53. The van der Waals surface area contributed by atoms with Gasteiger partial charge in [0.25, 0.3) is 0 Å². The molecule has 1 N–H and O–H groups in total. The summed E-state index contributed by atoms with van der Waals surface area (Å²) in [6.07, 6.45) is 0.917. The number of aliphatic hydroxyl groups excluding tert-OH is 1. The molecule has 1 saturated heterocycles. The van der Waals surface area contributed by atoms with Crippen LogP contribution in [0.4, 0.5) is 0 Å². The highest BCUT2D eigenvalue weighted by Gasteiger charge is 2.18. The van der Waals surface area contributed by atoms with Gasteiger partial charge < -0.3 is 5.11 Å². The zero-order valence-electron chi connectivity index (χ0n) is 4.83. The largest absolute Gasteiger partial charge is 0.392 e. The summed E-state index contributed by atoms with van der Waals surface area (Å²) in [6.45, 7) is 2.07. The van der Waals surface area contributed by atoms with Crippen LogP contribution in [0.25, 0.3) is 0 Å². The van der Waals surface area contributed by atoms with Crippen LogP contribution >= 0.6 is 21.6 Å². The molecule has 0 aromatic carbocycles. The molecule has 48 valence electrons. The Bertz CT molecular complexity index is 66.8. The Labute approximate surface area is 57.6 Å². The highest BCUT2D eigenvalue weighted by atomic mass is 33.1. The van der Waals surface area contributed by atoms with Gasteiger partial charge in [-0.15, -0.1) is 0 Å². The number of hydrogen-bond donors (Lipinski definition) is 1. The molecule has 0 saturated carbocycles. The third-order valence-electron chi connectivity index (χ3n) is 1.26. The molecule has 1 unspecified atom stereocenters. The molecular weight excluding hydrogens is 140 g/mol. The second kappa shape index (κ2) is 2.99. The first-order valence-electron chi connectivity index (χ1n) is 2.77. The number of rotatable bonds is 0. The minimum Gasteiger partial charge on any atom is -0.392 e. The molecule has 1 fully saturated rings. The molecule has 0 amide bonds. The molecule has 0 bridgehead atoms. The van der Waals surface area contributed by atoms with Crippen LogP contribution in [0.5, 0.6) is 0 Å². The number of hydrogen-bond acceptors (Lipinski definition) is 3. The van der Waals surface area contributed by atoms with E-state index >= 15 is 0 Å². The summed E-state index contributed by atoms with van der Waals surface area (Å²) >= 11 is 0. The summed E-state index contributed by atoms with van der Waals surface area (Å²) in [5, 5.41) is 9.58. The van der Waals surface area contributed by atoms with Gasteiger partial charge in [-0.05, 0) is 13.3 Å². The first kappa shape index (κ1) is 6.78. The zero-order valence-corrected chi connectivity index (χ0v) is 6.47. The lowest BCUT2D eigenvalue weighted by Crippen LogP contribution is -2.22. The minimum absolute atomic E-state index is 0.0544. The van der Waals surface area contributed by atoms with Crippen LogP contribution < -0.4 is 0 Å². The summed E-state index contributed by atoms with van der Waals surface area (Å²) in [4.78, 5) is 0. The Morgan fingerprint density at radius 1 is 1.62 bits per heavy atom. The van der Waals surface area contributed by atoms with Gasteiger partial charge in [0.2, 0.25) is 0 Å². The Morgan fingerprint density at radius 2 is 2.38 bits per heavy atom. The molecule has 2 atom stereocenters. The van der Waals surface area contributed by atoms with Crippen molar-refractivity contribution in [1.82, 2.24) is 0 Å². The normalized spacial score (nSPS) is 39.8. The summed E-state index contributed by atoms with van der Waals surface area (Å²) in [6, 6.07) is 0. The van der Waals surface area contributed by atoms with Crippen LogP contribution in [0.3, 0.4) is 0 Å². The highest BCUT2D eigenvalue weighted by molar-refractivity contribution is 8.77. The molecule has 8 heavy (non-hydrogen) atoms. The van der Waals surface area contributed by atoms with E-state index in [4.69, 9.17) is 5.11 Å². The fraction of sp³-hybridized carbons (Fsp3) is 1.00. The third-order valence-corrected chi connectivity index (χ3v) is 4.23. The lowest BCUT2D eigenvalue weighted by atomic mass is 10.2. The lowest BCUT2D eigenvalue weighted by molar-refractivity contribution is 0.172. The van der Waals surface area contributed by atoms with E-state index in [2.05, 4.69) is 6.92 Å². The van der Waals surface area contributed by atoms with E-state index in [0.717, 1.165) is 12.2 Å². The molecule has 0 aromatic heterocycles. The van der Waals surface area contributed by atoms with Crippen LogP contribution in [-0.2, 0) is 0 Å². The maximum absolute atomic E-state index is 9.14. The maximum Gasteiger partial charge on any atom is 0.0672 e. The molecule has 0 radical (unpaired) electrons. The van der Waals surface area contributed by atoms with Crippen LogP contribution in [-0.4, -0.2) is 22.2 Å². The first-order chi connectivity index (χ1) is 3.80. The van der Waals surface area contributed by atoms with Crippen molar-refractivity contribution in [3.05, 3.63) is 0 Å². The van der Waals surface area contributed by atoms with Crippen molar-refractivity contribution in [3.63, 3.8) is 0 Å². The second-order valence-electron chi connectivity index (χ2n) is 1.98. The predicted octanol–water partition coefficient (Wildman–Crippen LogP) is 1.52. The Hall–Kier alpha value is 0.660. The maximum atomic E-state index is 9.14. The van der Waals surface area contributed by atoms with Gasteiger partial charge in [-0.3, -0.25) is 0 Å². The van der Waals surface area contributed by atoms with Crippen LogP contribution in [0.15, 0.2) is 0 Å². The lowest BCUT2D eigenvalue weighted by Gasteiger charge is -2.21. The zero-order chi connectivity index (χ0) is 5.98. The van der Waals surface area contributed by atoms with Gasteiger partial charge in [0.05, 0.1) is 6.10 Å². The van der Waals surface area contributed by atoms with Crippen molar-refractivity contribution >= 4 is 21.6 Å². The molecule has 1 heterocycles. The first-order valence-corrected chi connectivity index (χ1v) is 5.15. The average Bonchev–Trinajstić information content (AvgIpc) is 1.77. The fourth-order valence-corrected chi connectivity index (χ4v) is 3.14. The van der Waals surface area contributed by atoms with E-state index in [1.165, 1.54) is 0 Å². The van der Waals surface area contributed by atoms with Crippen LogP contribution in [0, 0.1) is 0 Å². The van der Waals surface area contributed by atoms with Gasteiger partial charge in [-0.2, -0.15) is 0 Å². The summed E-state index contributed by atoms with van der Waals surface area (Å²) < 4.78 is 0. The van der Waals surface area contributed by atoms with E-state index in [1.807, 2.05) is 10.8 Å². The van der Waals surface area contributed by atoms with Gasteiger partial charge in [0.1, 0.15) is 0 Å². The van der Waals surface area contributed by atoms with Gasteiger partial charge in [0.15, 0.2) is 0 Å². The molecule has 1 aliphatic heterocycles. The van der Waals surface area contributed by atoms with Crippen molar-refractivity contribution < 1.29 is 5.11 Å². The predicted molar refractivity (Wildman–Crippen MR) is 40.1 cm³/mol. The SMILES string of the molecule is CC1SSCC[C@@H]1O. The summed E-state index contributed by atoms with van der Waals surface area (Å²) in [7, 11) is 3.66. The highest BCUT2D eigenvalue weighted by Crippen LogP contribution is 2.35. The van der Waals surface area contributed by atoms with E-state index in [0.29, 0.717) is 5.25 Å². The second-order valence-corrected chi connectivity index (χ2v) is 4.84. The van der Waals surface area contributed by atoms with Crippen molar-refractivity contribution in [1.29, 1.82) is 0 Å². The standard InChI is InChI=1S/C5H10OS2/c1-4-5(6)2-3-7-8-4/h4-6H,2-3H2,1H3/t4?,5-/m0/s1. The summed E-state index contributed by atoms with van der Waals surface area (Å²) in [5.74, 6) is 1.11. The topological polar surface area (TPSA) is 20.2 Å². The molecule has 0 spiro atoms. The van der Waals surface area contributed by atoms with E-state index in [1.54, 1.807) is 10.8 Å². The van der Waals surface area contributed by atoms with E-state index in [-0.39, 0.29) is 6.10 Å². The molecule has 0 aromatic rings. The molecular formula is C5H10OS2. The number of aliphatic hydroxyl groups is 1. The molecule has 1 rings (SSSR count). The Balaban J connectivity index is 2.28. The minimum atomic E-state index is -0.0544. The van der Waals surface area contributed by atoms with Crippen molar-refractivity contribution in [2.75, 3.05) is 5.75 Å². The smallest absolute Gasteiger partial charge is 0.0672 e. The molecule has 1 nitrogen and oxygen atoms in total. The summed E-state index contributed by atoms with van der Waals surface area (Å²) in [5.41, 5.74) is 0. The van der Waals surface area contributed by atoms with Crippen LogP contribution in [0.1, 0.15) is 13.3 Å². The van der Waals surface area contributed by atoms with Gasteiger partial charge in [0, 0.05) is 11.0 Å². The molecule has 0 aliphatic carbocycles. The average molecular weight is 150 g/mol. The van der Waals surface area contributed by atoms with E-state index in [9.17, 15) is 0 Å². The third kappa shape index (κ3) is 1.57. The quantitative estimate of drug-likeness (QED) is 0.529. The van der Waals surface area contributed by atoms with Gasteiger partial charge in [-0.1, -0.05) is 21.6 Å². The fourth-order valence-electron chi connectivity index (χ4n) is 0.623. The monoisotopic (exact) mass is 150 g/mol. The molecule has 3 heteroatoms. The molecule has 1 aliphatic rings. The van der Waals surface area contributed by atoms with Crippen molar-refractivity contribution in [3.8, 4) is 0 Å². The van der Waals surface area contributed by atoms with Gasteiger partial charge >= 0.3 is 0 Å². The van der Waals surface area contributed by atoms with Crippen molar-refractivity contribution in [2.45, 2.75) is 24.7 Å². The van der Waals surface area contributed by atoms with Crippen LogP contribution in [0.2, 0.25) is 0 Å². The van der Waals surface area contributed by atoms with Gasteiger partial charge in [-0.25, -0.2) is 0 Å². The Morgan fingerprint density at radius 3 is 2.75 bits per heavy atom. The van der Waals surface area contributed by atoms with Crippen molar-refractivity contribution in [2.24, 2.45) is 0 Å².